The molecule has 0 aliphatic heterocycles. The molecule has 0 saturated heterocycles. The Morgan fingerprint density at radius 3 is 2.67 bits per heavy atom. The zero-order valence-electron chi connectivity index (χ0n) is 12.3. The van der Waals surface area contributed by atoms with Crippen LogP contribution in [0.4, 0.5) is 19.0 Å². The van der Waals surface area contributed by atoms with Crippen molar-refractivity contribution >= 4 is 17.3 Å². The van der Waals surface area contributed by atoms with Crippen molar-refractivity contribution in [2.45, 2.75) is 19.0 Å². The second-order valence-corrected chi connectivity index (χ2v) is 5.14. The number of alkyl halides is 3. The summed E-state index contributed by atoms with van der Waals surface area (Å²) in [7, 11) is 0. The molecule has 124 valence electrons. The van der Waals surface area contributed by atoms with Crippen LogP contribution < -0.4 is 5.32 Å². The summed E-state index contributed by atoms with van der Waals surface area (Å²) >= 11 is 0. The number of rotatable bonds is 3. The largest absolute Gasteiger partial charge is 0.472 e. The molecule has 2 heterocycles. The summed E-state index contributed by atoms with van der Waals surface area (Å²) < 4.78 is 43.1. The van der Waals surface area contributed by atoms with Gasteiger partial charge in [-0.25, -0.2) is 0 Å². The molecule has 24 heavy (non-hydrogen) atoms. The van der Waals surface area contributed by atoms with Gasteiger partial charge in [-0.05, 0) is 42.7 Å². The van der Waals surface area contributed by atoms with Gasteiger partial charge < -0.3 is 9.73 Å². The highest BCUT2D eigenvalue weighted by Gasteiger charge is 2.33. The molecule has 0 saturated carbocycles. The Morgan fingerprint density at radius 2 is 2.04 bits per heavy atom. The van der Waals surface area contributed by atoms with Crippen LogP contribution in [-0.4, -0.2) is 22.3 Å². The normalized spacial score (nSPS) is 14.8. The van der Waals surface area contributed by atoms with Gasteiger partial charge in [-0.3, -0.25) is 4.79 Å². The van der Waals surface area contributed by atoms with E-state index in [1.54, 1.807) is 0 Å². The molecular weight excluding hydrogens is 323 g/mol. The van der Waals surface area contributed by atoms with Crippen molar-refractivity contribution in [3.63, 3.8) is 0 Å². The number of allylic oxidation sites excluding steroid dienone is 4. The number of anilines is 1. The third-order valence-corrected chi connectivity index (χ3v) is 3.45. The second-order valence-electron chi connectivity index (χ2n) is 5.14. The van der Waals surface area contributed by atoms with Crippen LogP contribution >= 0.6 is 0 Å². The summed E-state index contributed by atoms with van der Waals surface area (Å²) in [4.78, 5) is 11.8. The molecule has 2 aromatic heterocycles. The first-order valence-corrected chi connectivity index (χ1v) is 7.09. The zero-order chi connectivity index (χ0) is 17.2. The van der Waals surface area contributed by atoms with Gasteiger partial charge in [0.05, 0.1) is 23.1 Å². The highest BCUT2D eigenvalue weighted by Crippen LogP contribution is 2.34. The topological polar surface area (TPSA) is 68.0 Å². The fourth-order valence-corrected chi connectivity index (χ4v) is 2.25. The van der Waals surface area contributed by atoms with Gasteiger partial charge in [-0.2, -0.15) is 13.2 Å². The Hall–Kier alpha value is -2.90. The maximum absolute atomic E-state index is 12.8. The highest BCUT2D eigenvalue weighted by molar-refractivity contribution is 6.03. The quantitative estimate of drug-likeness (QED) is 0.921. The highest BCUT2D eigenvalue weighted by atomic mass is 19.4. The van der Waals surface area contributed by atoms with Gasteiger partial charge in [0.1, 0.15) is 6.26 Å². The lowest BCUT2D eigenvalue weighted by Crippen LogP contribution is -2.14. The number of carbonyl (C=O) groups excluding carboxylic acids is 1. The Bertz CT molecular complexity index is 791. The number of hydrogen-bond donors (Lipinski definition) is 1. The van der Waals surface area contributed by atoms with Gasteiger partial charge in [0.2, 0.25) is 0 Å². The minimum Gasteiger partial charge on any atom is -0.472 e. The lowest BCUT2D eigenvalue weighted by Gasteiger charge is -2.15. The molecule has 1 aliphatic rings. The minimum absolute atomic E-state index is 0.202. The maximum Gasteiger partial charge on any atom is 0.416 e. The molecule has 2 aromatic rings. The van der Waals surface area contributed by atoms with Crippen LogP contribution in [0.5, 0.6) is 0 Å². The Labute approximate surface area is 134 Å². The second kappa shape index (κ2) is 6.31. The molecule has 0 unspecified atom stereocenters. The SMILES string of the molecule is O=C(Nc1ccc(C2=CC(C(F)(F)F)=CCC2)nn1)c1ccoc1. The van der Waals surface area contributed by atoms with Crippen molar-refractivity contribution in [1.29, 1.82) is 0 Å². The van der Waals surface area contributed by atoms with Crippen LogP contribution in [0, 0.1) is 0 Å². The first kappa shape index (κ1) is 16.0. The summed E-state index contributed by atoms with van der Waals surface area (Å²) in [5.74, 6) is -0.210. The molecule has 0 bridgehead atoms. The van der Waals surface area contributed by atoms with Gasteiger partial charge in [0, 0.05) is 0 Å². The predicted molar refractivity (Wildman–Crippen MR) is 80.0 cm³/mol. The number of furan rings is 1. The van der Waals surface area contributed by atoms with E-state index in [4.69, 9.17) is 4.42 Å². The average Bonchev–Trinajstić information content (AvgIpc) is 3.09. The van der Waals surface area contributed by atoms with Crippen molar-refractivity contribution in [2.24, 2.45) is 0 Å². The summed E-state index contributed by atoms with van der Waals surface area (Å²) in [5.41, 5.74) is 0.468. The Kier molecular flexibility index (Phi) is 4.20. The standard InChI is InChI=1S/C16H12F3N3O2/c17-16(18,19)12-3-1-2-10(8-12)13-4-5-14(22-21-13)20-15(23)11-6-7-24-9-11/h3-9H,1-2H2,(H,20,22,23). The number of aromatic nitrogens is 2. The zero-order valence-corrected chi connectivity index (χ0v) is 12.3. The van der Waals surface area contributed by atoms with E-state index in [1.165, 1.54) is 30.7 Å². The van der Waals surface area contributed by atoms with Gasteiger partial charge in [0.15, 0.2) is 5.82 Å². The van der Waals surface area contributed by atoms with E-state index in [1.807, 2.05) is 0 Å². The van der Waals surface area contributed by atoms with Crippen LogP contribution in [0.3, 0.4) is 0 Å². The van der Waals surface area contributed by atoms with E-state index in [9.17, 15) is 18.0 Å². The first-order valence-electron chi connectivity index (χ1n) is 7.09. The van der Waals surface area contributed by atoms with E-state index in [0.29, 0.717) is 29.7 Å². The Balaban J connectivity index is 1.74. The lowest BCUT2D eigenvalue weighted by atomic mass is 9.96. The number of hydrogen-bond acceptors (Lipinski definition) is 4. The third kappa shape index (κ3) is 3.53. The molecule has 0 aromatic carbocycles. The average molecular weight is 335 g/mol. The molecule has 0 spiro atoms. The fourth-order valence-electron chi connectivity index (χ4n) is 2.25. The van der Waals surface area contributed by atoms with Crippen LogP contribution in [0.2, 0.25) is 0 Å². The molecule has 0 fully saturated rings. The molecule has 8 heteroatoms. The fraction of sp³-hybridized carbons (Fsp3) is 0.188. The van der Waals surface area contributed by atoms with E-state index >= 15 is 0 Å². The number of amides is 1. The van der Waals surface area contributed by atoms with Crippen molar-refractivity contribution < 1.29 is 22.4 Å². The monoisotopic (exact) mass is 335 g/mol. The van der Waals surface area contributed by atoms with E-state index in [0.717, 1.165) is 12.2 Å². The maximum atomic E-state index is 12.8. The molecule has 3 rings (SSSR count). The van der Waals surface area contributed by atoms with Crippen molar-refractivity contribution in [3.8, 4) is 0 Å². The van der Waals surface area contributed by atoms with Crippen molar-refractivity contribution in [1.82, 2.24) is 10.2 Å². The van der Waals surface area contributed by atoms with Gasteiger partial charge in [-0.15, -0.1) is 10.2 Å². The van der Waals surface area contributed by atoms with Crippen LogP contribution in [0.25, 0.3) is 5.57 Å². The predicted octanol–water partition coefficient (Wildman–Crippen LogP) is 3.99. The molecule has 1 amide bonds. The lowest BCUT2D eigenvalue weighted by molar-refractivity contribution is -0.0885. The van der Waals surface area contributed by atoms with E-state index in [2.05, 4.69) is 15.5 Å². The molecule has 1 aliphatic carbocycles. The third-order valence-electron chi connectivity index (χ3n) is 3.45. The molecule has 0 radical (unpaired) electrons. The molecule has 0 atom stereocenters. The first-order chi connectivity index (χ1) is 11.4. The smallest absolute Gasteiger partial charge is 0.416 e. The Morgan fingerprint density at radius 1 is 1.21 bits per heavy atom. The summed E-state index contributed by atoms with van der Waals surface area (Å²) in [6.45, 7) is 0. The molecular formula is C16H12F3N3O2. The summed E-state index contributed by atoms with van der Waals surface area (Å²) in [6, 6.07) is 4.52. The molecule has 1 N–H and O–H groups in total. The van der Waals surface area contributed by atoms with Crippen LogP contribution in [0.1, 0.15) is 28.9 Å². The van der Waals surface area contributed by atoms with Crippen LogP contribution in [-0.2, 0) is 0 Å². The van der Waals surface area contributed by atoms with Gasteiger partial charge >= 0.3 is 6.18 Å². The number of halogens is 3. The van der Waals surface area contributed by atoms with Gasteiger partial charge in [-0.1, -0.05) is 6.08 Å². The minimum atomic E-state index is -4.38. The molecule has 5 nitrogen and oxygen atoms in total. The number of nitrogens with zero attached hydrogens (tertiary/aromatic N) is 2. The van der Waals surface area contributed by atoms with E-state index in [-0.39, 0.29) is 5.82 Å². The summed E-state index contributed by atoms with van der Waals surface area (Å²) in [6.07, 6.45) is 1.27. The van der Waals surface area contributed by atoms with E-state index < -0.39 is 17.7 Å². The van der Waals surface area contributed by atoms with Crippen molar-refractivity contribution in [3.05, 3.63) is 59.7 Å². The number of carbonyl (C=O) groups is 1. The van der Waals surface area contributed by atoms with Crippen molar-refractivity contribution in [2.75, 3.05) is 5.32 Å². The number of nitrogens with one attached hydrogen (secondary N) is 1. The summed E-state index contributed by atoms with van der Waals surface area (Å²) in [5, 5.41) is 10.3. The van der Waals surface area contributed by atoms with Crippen LogP contribution in [0.15, 0.2) is 52.9 Å². The van der Waals surface area contributed by atoms with Gasteiger partial charge in [0.25, 0.3) is 5.91 Å².